The van der Waals surface area contributed by atoms with Crippen LogP contribution in [0.25, 0.3) is 0 Å². The van der Waals surface area contributed by atoms with Gasteiger partial charge in [-0.25, -0.2) is 0 Å². The Bertz CT molecular complexity index is 344. The number of benzene rings is 1. The van der Waals surface area contributed by atoms with Crippen LogP contribution in [0.5, 0.6) is 0 Å². The van der Waals surface area contributed by atoms with E-state index >= 15 is 0 Å². The summed E-state index contributed by atoms with van der Waals surface area (Å²) in [5.41, 5.74) is 1.33. The number of hydrogen-bond acceptors (Lipinski definition) is 2. The van der Waals surface area contributed by atoms with Crippen LogP contribution in [0.1, 0.15) is 25.7 Å². The number of nitrogens with one attached hydrogen (secondary N) is 1. The van der Waals surface area contributed by atoms with Gasteiger partial charge >= 0.3 is 0 Å². The largest absolute Gasteiger partial charge is 0.383 e. The third-order valence-corrected chi connectivity index (χ3v) is 5.05. The zero-order valence-corrected chi connectivity index (χ0v) is 9.72. The van der Waals surface area contributed by atoms with Crippen molar-refractivity contribution >= 4 is 17.4 Å². The molecule has 1 aromatic rings. The van der Waals surface area contributed by atoms with Gasteiger partial charge in [-0.3, -0.25) is 0 Å². The summed E-state index contributed by atoms with van der Waals surface area (Å²) in [5, 5.41) is 4.38. The van der Waals surface area contributed by atoms with E-state index in [0.29, 0.717) is 0 Å². The standard InChI is InChI=1S/C13H17NS/c1-2-6-10(5-1)13-9-14-11-7-3-4-8-12(11)15-13/h3-4,7-8,10,13-14H,1-2,5-6,9H2. The Morgan fingerprint density at radius 3 is 2.80 bits per heavy atom. The third-order valence-electron chi connectivity index (χ3n) is 3.58. The van der Waals surface area contributed by atoms with Crippen LogP contribution in [0.2, 0.25) is 0 Å². The normalized spacial score (nSPS) is 26.0. The number of fused-ring (bicyclic) bond motifs is 1. The maximum absolute atomic E-state index is 3.57. The fraction of sp³-hybridized carbons (Fsp3) is 0.538. The quantitative estimate of drug-likeness (QED) is 0.771. The van der Waals surface area contributed by atoms with Crippen LogP contribution < -0.4 is 5.32 Å². The molecule has 1 fully saturated rings. The highest BCUT2D eigenvalue weighted by Gasteiger charge is 2.28. The second-order valence-electron chi connectivity index (χ2n) is 4.58. The van der Waals surface area contributed by atoms with E-state index in [1.54, 1.807) is 0 Å². The van der Waals surface area contributed by atoms with Gasteiger partial charge < -0.3 is 5.32 Å². The SMILES string of the molecule is c1ccc2c(c1)NCC(C1CCCC1)S2. The van der Waals surface area contributed by atoms with Crippen LogP contribution in [0.3, 0.4) is 0 Å². The maximum atomic E-state index is 3.57. The van der Waals surface area contributed by atoms with Gasteiger partial charge in [0.25, 0.3) is 0 Å². The topological polar surface area (TPSA) is 12.0 Å². The highest BCUT2D eigenvalue weighted by Crippen LogP contribution is 2.42. The smallest absolute Gasteiger partial charge is 0.0478 e. The highest BCUT2D eigenvalue weighted by molar-refractivity contribution is 8.00. The predicted molar refractivity (Wildman–Crippen MR) is 66.5 cm³/mol. The summed E-state index contributed by atoms with van der Waals surface area (Å²) < 4.78 is 0. The van der Waals surface area contributed by atoms with Crippen molar-refractivity contribution < 1.29 is 0 Å². The molecule has 2 heteroatoms. The molecule has 1 aromatic carbocycles. The van der Waals surface area contributed by atoms with Crippen molar-refractivity contribution in [2.75, 3.05) is 11.9 Å². The minimum absolute atomic E-state index is 0.808. The van der Waals surface area contributed by atoms with Gasteiger partial charge in [0.2, 0.25) is 0 Å². The molecule has 1 N–H and O–H groups in total. The van der Waals surface area contributed by atoms with Crippen LogP contribution in [-0.2, 0) is 0 Å². The first-order valence-corrected chi connectivity index (χ1v) is 6.81. The molecule has 1 unspecified atom stereocenters. The van der Waals surface area contributed by atoms with E-state index in [1.165, 1.54) is 36.3 Å². The van der Waals surface area contributed by atoms with Gasteiger partial charge in [-0.1, -0.05) is 25.0 Å². The molecule has 1 atom stereocenters. The van der Waals surface area contributed by atoms with Crippen molar-refractivity contribution in [3.63, 3.8) is 0 Å². The maximum Gasteiger partial charge on any atom is 0.0478 e. The van der Waals surface area contributed by atoms with Crippen LogP contribution >= 0.6 is 11.8 Å². The lowest BCUT2D eigenvalue weighted by atomic mass is 10.0. The van der Waals surface area contributed by atoms with Gasteiger partial charge in [-0.05, 0) is 30.9 Å². The predicted octanol–water partition coefficient (Wildman–Crippen LogP) is 3.76. The zero-order valence-electron chi connectivity index (χ0n) is 8.91. The molecule has 0 saturated heterocycles. The summed E-state index contributed by atoms with van der Waals surface area (Å²) in [6.45, 7) is 1.16. The fourth-order valence-electron chi connectivity index (χ4n) is 2.72. The zero-order chi connectivity index (χ0) is 10.1. The van der Waals surface area contributed by atoms with E-state index in [4.69, 9.17) is 0 Å². The molecule has 1 nitrogen and oxygen atoms in total. The van der Waals surface area contributed by atoms with E-state index in [1.807, 2.05) is 0 Å². The first-order chi connectivity index (χ1) is 7.43. The van der Waals surface area contributed by atoms with Gasteiger partial charge in [-0.2, -0.15) is 0 Å². The van der Waals surface area contributed by atoms with Gasteiger partial charge in [0, 0.05) is 22.4 Å². The number of rotatable bonds is 1. The van der Waals surface area contributed by atoms with Crippen LogP contribution in [-0.4, -0.2) is 11.8 Å². The van der Waals surface area contributed by atoms with Crippen molar-refractivity contribution in [2.24, 2.45) is 5.92 Å². The molecular weight excluding hydrogens is 202 g/mol. The molecule has 1 saturated carbocycles. The molecule has 0 spiro atoms. The molecule has 3 rings (SSSR count). The molecule has 0 radical (unpaired) electrons. The van der Waals surface area contributed by atoms with Crippen LogP contribution in [0.4, 0.5) is 5.69 Å². The minimum atomic E-state index is 0.808. The van der Waals surface area contributed by atoms with Crippen molar-refractivity contribution in [3.8, 4) is 0 Å². The first kappa shape index (κ1) is 9.59. The lowest BCUT2D eigenvalue weighted by molar-refractivity contribution is 0.530. The molecule has 80 valence electrons. The molecular formula is C13H17NS. The Morgan fingerprint density at radius 1 is 1.13 bits per heavy atom. The van der Waals surface area contributed by atoms with Crippen LogP contribution in [0, 0.1) is 5.92 Å². The monoisotopic (exact) mass is 219 g/mol. The summed E-state index contributed by atoms with van der Waals surface area (Å²) in [6, 6.07) is 8.69. The fourth-order valence-corrected chi connectivity index (χ4v) is 4.10. The van der Waals surface area contributed by atoms with Gasteiger partial charge in [0.05, 0.1) is 0 Å². The Labute approximate surface area is 95.6 Å². The molecule has 2 aliphatic rings. The molecule has 15 heavy (non-hydrogen) atoms. The lowest BCUT2D eigenvalue weighted by Gasteiger charge is -2.29. The number of hydrogen-bond donors (Lipinski definition) is 1. The van der Waals surface area contributed by atoms with E-state index in [2.05, 4.69) is 41.3 Å². The van der Waals surface area contributed by atoms with E-state index in [9.17, 15) is 0 Å². The number of para-hydroxylation sites is 1. The number of anilines is 1. The second kappa shape index (κ2) is 4.09. The number of thioether (sulfide) groups is 1. The van der Waals surface area contributed by atoms with E-state index in [0.717, 1.165) is 17.7 Å². The second-order valence-corrected chi connectivity index (χ2v) is 5.86. The summed E-state index contributed by atoms with van der Waals surface area (Å²) >= 11 is 2.09. The van der Waals surface area contributed by atoms with Crippen molar-refractivity contribution in [1.29, 1.82) is 0 Å². The van der Waals surface area contributed by atoms with E-state index < -0.39 is 0 Å². The summed E-state index contributed by atoms with van der Waals surface area (Å²) in [7, 11) is 0. The molecule has 1 aliphatic heterocycles. The van der Waals surface area contributed by atoms with Crippen molar-refractivity contribution in [2.45, 2.75) is 35.8 Å². The summed E-state index contributed by atoms with van der Waals surface area (Å²) in [4.78, 5) is 1.45. The van der Waals surface area contributed by atoms with Gasteiger partial charge in [0.1, 0.15) is 0 Å². The van der Waals surface area contributed by atoms with Crippen molar-refractivity contribution in [3.05, 3.63) is 24.3 Å². The van der Waals surface area contributed by atoms with Gasteiger partial charge in [-0.15, -0.1) is 11.8 Å². The Balaban J connectivity index is 1.76. The minimum Gasteiger partial charge on any atom is -0.383 e. The van der Waals surface area contributed by atoms with Crippen LogP contribution in [0.15, 0.2) is 29.2 Å². The van der Waals surface area contributed by atoms with Crippen molar-refractivity contribution in [1.82, 2.24) is 0 Å². The average Bonchev–Trinajstić information content (AvgIpc) is 2.82. The summed E-state index contributed by atoms with van der Waals surface area (Å²) in [6.07, 6.45) is 5.79. The lowest BCUT2D eigenvalue weighted by Crippen LogP contribution is -2.27. The Hall–Kier alpha value is -0.630. The average molecular weight is 219 g/mol. The molecule has 1 aliphatic carbocycles. The molecule has 0 amide bonds. The third kappa shape index (κ3) is 1.87. The Morgan fingerprint density at radius 2 is 1.93 bits per heavy atom. The molecule has 0 bridgehead atoms. The van der Waals surface area contributed by atoms with Gasteiger partial charge in [0.15, 0.2) is 0 Å². The van der Waals surface area contributed by atoms with E-state index in [-0.39, 0.29) is 0 Å². The highest BCUT2D eigenvalue weighted by atomic mass is 32.2. The summed E-state index contributed by atoms with van der Waals surface area (Å²) in [5.74, 6) is 0.954. The first-order valence-electron chi connectivity index (χ1n) is 5.93. The molecule has 1 heterocycles. The molecule has 0 aromatic heterocycles. The Kier molecular flexibility index (Phi) is 2.61.